The van der Waals surface area contributed by atoms with Crippen molar-refractivity contribution in [1.29, 1.82) is 0 Å². The van der Waals surface area contributed by atoms with Crippen LogP contribution in [0.5, 0.6) is 0 Å². The highest BCUT2D eigenvalue weighted by atomic mass is 79.9. The van der Waals surface area contributed by atoms with E-state index in [0.29, 0.717) is 0 Å². The molecule has 76 valence electrons. The van der Waals surface area contributed by atoms with Crippen molar-refractivity contribution in [2.75, 3.05) is 0 Å². The van der Waals surface area contributed by atoms with Gasteiger partial charge in [-0.25, -0.2) is 9.97 Å². The zero-order valence-electron chi connectivity index (χ0n) is 7.97. The second-order valence-corrected chi connectivity index (χ2v) is 4.12. The number of nitrogens with two attached hydrogens (primary N) is 1. The van der Waals surface area contributed by atoms with Crippen molar-refractivity contribution in [3.05, 3.63) is 58.6 Å². The van der Waals surface area contributed by atoms with Crippen LogP contribution in [0.3, 0.4) is 0 Å². The van der Waals surface area contributed by atoms with E-state index in [4.69, 9.17) is 5.73 Å². The second-order valence-electron chi connectivity index (χ2n) is 3.20. The quantitative estimate of drug-likeness (QED) is 0.905. The number of rotatable bonds is 2. The van der Waals surface area contributed by atoms with Gasteiger partial charge in [0.05, 0.1) is 6.04 Å². The molecule has 2 N–H and O–H groups in total. The molecule has 2 rings (SSSR count). The zero-order chi connectivity index (χ0) is 10.7. The summed E-state index contributed by atoms with van der Waals surface area (Å²) in [6.45, 7) is 0. The van der Waals surface area contributed by atoms with Gasteiger partial charge in [-0.2, -0.15) is 0 Å². The Morgan fingerprint density at radius 1 is 1.00 bits per heavy atom. The van der Waals surface area contributed by atoms with E-state index in [1.165, 1.54) is 6.33 Å². The second kappa shape index (κ2) is 4.51. The topological polar surface area (TPSA) is 51.8 Å². The minimum atomic E-state index is -0.167. The van der Waals surface area contributed by atoms with Crippen LogP contribution in [0.2, 0.25) is 0 Å². The fourth-order valence-corrected chi connectivity index (χ4v) is 1.60. The number of aromatic nitrogens is 2. The maximum atomic E-state index is 6.07. The summed E-state index contributed by atoms with van der Waals surface area (Å²) in [6.07, 6.45) is 4.97. The highest BCUT2D eigenvalue weighted by Crippen LogP contribution is 2.19. The summed E-state index contributed by atoms with van der Waals surface area (Å²) in [5, 5.41) is 0. The average molecular weight is 264 g/mol. The van der Waals surface area contributed by atoms with Crippen molar-refractivity contribution in [3.8, 4) is 0 Å². The van der Waals surface area contributed by atoms with Gasteiger partial charge in [0.2, 0.25) is 0 Å². The SMILES string of the molecule is NC(c1ccc(Br)cc1)c1cncnc1. The van der Waals surface area contributed by atoms with Crippen LogP contribution in [0, 0.1) is 0 Å². The van der Waals surface area contributed by atoms with E-state index in [9.17, 15) is 0 Å². The molecular formula is C11H10BrN3. The van der Waals surface area contributed by atoms with Gasteiger partial charge in [0.1, 0.15) is 6.33 Å². The summed E-state index contributed by atoms with van der Waals surface area (Å²) < 4.78 is 1.04. The summed E-state index contributed by atoms with van der Waals surface area (Å²) in [7, 11) is 0. The van der Waals surface area contributed by atoms with Crippen LogP contribution in [0.25, 0.3) is 0 Å². The molecule has 0 amide bonds. The number of benzene rings is 1. The minimum absolute atomic E-state index is 0.167. The lowest BCUT2D eigenvalue weighted by atomic mass is 10.0. The molecule has 0 spiro atoms. The van der Waals surface area contributed by atoms with Crippen molar-refractivity contribution in [1.82, 2.24) is 9.97 Å². The number of halogens is 1. The fraction of sp³-hybridized carbons (Fsp3) is 0.0909. The highest BCUT2D eigenvalue weighted by Gasteiger charge is 2.08. The summed E-state index contributed by atoms with van der Waals surface area (Å²) >= 11 is 3.39. The maximum absolute atomic E-state index is 6.07. The molecule has 0 aliphatic carbocycles. The molecule has 0 radical (unpaired) electrons. The molecule has 1 aromatic heterocycles. The normalized spacial score (nSPS) is 12.4. The highest BCUT2D eigenvalue weighted by molar-refractivity contribution is 9.10. The van der Waals surface area contributed by atoms with Gasteiger partial charge in [-0.05, 0) is 17.7 Å². The van der Waals surface area contributed by atoms with E-state index in [2.05, 4.69) is 25.9 Å². The van der Waals surface area contributed by atoms with Crippen molar-refractivity contribution in [2.24, 2.45) is 5.73 Å². The van der Waals surface area contributed by atoms with Gasteiger partial charge in [0.15, 0.2) is 0 Å². The molecule has 3 nitrogen and oxygen atoms in total. The van der Waals surface area contributed by atoms with Gasteiger partial charge >= 0.3 is 0 Å². The van der Waals surface area contributed by atoms with E-state index in [1.54, 1.807) is 12.4 Å². The molecule has 15 heavy (non-hydrogen) atoms. The lowest BCUT2D eigenvalue weighted by molar-refractivity contribution is 0.850. The van der Waals surface area contributed by atoms with Gasteiger partial charge in [0.25, 0.3) is 0 Å². The summed E-state index contributed by atoms with van der Waals surface area (Å²) in [6, 6.07) is 7.75. The van der Waals surface area contributed by atoms with Crippen LogP contribution in [-0.2, 0) is 0 Å². The molecule has 0 fully saturated rings. The molecule has 4 heteroatoms. The Labute approximate surface area is 96.5 Å². The fourth-order valence-electron chi connectivity index (χ4n) is 1.33. The summed E-state index contributed by atoms with van der Waals surface area (Å²) in [5.74, 6) is 0. The monoisotopic (exact) mass is 263 g/mol. The molecule has 1 aromatic carbocycles. The molecule has 1 unspecified atom stereocenters. The van der Waals surface area contributed by atoms with E-state index in [-0.39, 0.29) is 6.04 Å². The molecule has 0 bridgehead atoms. The lowest BCUT2D eigenvalue weighted by Gasteiger charge is -2.11. The van der Waals surface area contributed by atoms with Crippen LogP contribution in [0.4, 0.5) is 0 Å². The Kier molecular flexibility index (Phi) is 3.08. The van der Waals surface area contributed by atoms with Crippen LogP contribution in [0.15, 0.2) is 47.5 Å². The van der Waals surface area contributed by atoms with Gasteiger partial charge in [0, 0.05) is 22.4 Å². The third kappa shape index (κ3) is 2.40. The largest absolute Gasteiger partial charge is 0.320 e. The number of hydrogen-bond acceptors (Lipinski definition) is 3. The summed E-state index contributed by atoms with van der Waals surface area (Å²) in [5.41, 5.74) is 8.04. The first-order chi connectivity index (χ1) is 7.27. The first kappa shape index (κ1) is 10.3. The Bertz CT molecular complexity index is 427. The van der Waals surface area contributed by atoms with Crippen LogP contribution >= 0.6 is 15.9 Å². The Morgan fingerprint density at radius 2 is 1.60 bits per heavy atom. The minimum Gasteiger partial charge on any atom is -0.320 e. The third-order valence-corrected chi connectivity index (χ3v) is 2.70. The molecular weight excluding hydrogens is 254 g/mol. The number of hydrogen-bond donors (Lipinski definition) is 1. The van der Waals surface area contributed by atoms with E-state index in [0.717, 1.165) is 15.6 Å². The maximum Gasteiger partial charge on any atom is 0.115 e. The Hall–Kier alpha value is -1.26. The number of nitrogens with zero attached hydrogens (tertiary/aromatic N) is 2. The molecule has 0 saturated carbocycles. The lowest BCUT2D eigenvalue weighted by Crippen LogP contribution is -2.12. The standard InChI is InChI=1S/C11H10BrN3/c12-10-3-1-8(2-4-10)11(13)9-5-14-7-15-6-9/h1-7,11H,13H2. The summed E-state index contributed by atoms with van der Waals surface area (Å²) in [4.78, 5) is 7.90. The molecule has 2 aromatic rings. The smallest absolute Gasteiger partial charge is 0.115 e. The zero-order valence-corrected chi connectivity index (χ0v) is 9.55. The van der Waals surface area contributed by atoms with E-state index < -0.39 is 0 Å². The predicted molar refractivity (Wildman–Crippen MR) is 62.2 cm³/mol. The van der Waals surface area contributed by atoms with Crippen LogP contribution in [0.1, 0.15) is 17.2 Å². The molecule has 1 heterocycles. The van der Waals surface area contributed by atoms with E-state index >= 15 is 0 Å². The van der Waals surface area contributed by atoms with Gasteiger partial charge < -0.3 is 5.73 Å². The van der Waals surface area contributed by atoms with Gasteiger partial charge in [-0.3, -0.25) is 0 Å². The van der Waals surface area contributed by atoms with Crippen molar-refractivity contribution in [3.63, 3.8) is 0 Å². The molecule has 1 atom stereocenters. The van der Waals surface area contributed by atoms with Crippen LogP contribution < -0.4 is 5.73 Å². The molecule has 0 saturated heterocycles. The predicted octanol–water partition coefficient (Wildman–Crippen LogP) is 2.29. The third-order valence-electron chi connectivity index (χ3n) is 2.17. The van der Waals surface area contributed by atoms with Gasteiger partial charge in [-0.15, -0.1) is 0 Å². The van der Waals surface area contributed by atoms with Crippen molar-refractivity contribution in [2.45, 2.75) is 6.04 Å². The Balaban J connectivity index is 2.29. The van der Waals surface area contributed by atoms with E-state index in [1.807, 2.05) is 24.3 Å². The van der Waals surface area contributed by atoms with Crippen molar-refractivity contribution < 1.29 is 0 Å². The first-order valence-electron chi connectivity index (χ1n) is 4.53. The molecule has 0 aliphatic rings. The molecule has 0 aliphatic heterocycles. The van der Waals surface area contributed by atoms with Crippen LogP contribution in [-0.4, -0.2) is 9.97 Å². The Morgan fingerprint density at radius 3 is 2.20 bits per heavy atom. The van der Waals surface area contributed by atoms with Gasteiger partial charge in [-0.1, -0.05) is 28.1 Å². The van der Waals surface area contributed by atoms with Crippen molar-refractivity contribution >= 4 is 15.9 Å². The average Bonchev–Trinajstić information content (AvgIpc) is 2.30. The first-order valence-corrected chi connectivity index (χ1v) is 5.32.